The van der Waals surface area contributed by atoms with Crippen molar-refractivity contribution in [3.8, 4) is 0 Å². The molecule has 0 unspecified atom stereocenters. The number of nitrogens with one attached hydrogen (secondary N) is 1. The second-order valence-corrected chi connectivity index (χ2v) is 5.12. The van der Waals surface area contributed by atoms with Crippen LogP contribution < -0.4 is 5.43 Å². The molecule has 0 spiro atoms. The standard InChI is InChI=1S/C14H18ClN3O/c15-13-6-4-12(5-7-13)10-16-17-14(19)11-18-8-2-1-3-9-18/h4-7,10H,1-3,8-9,11H2,(H,17,19). The number of benzene rings is 1. The number of hydrogen-bond acceptors (Lipinski definition) is 3. The van der Waals surface area contributed by atoms with E-state index >= 15 is 0 Å². The Hall–Kier alpha value is -1.39. The lowest BCUT2D eigenvalue weighted by Gasteiger charge is -2.25. The van der Waals surface area contributed by atoms with Gasteiger partial charge in [-0.15, -0.1) is 0 Å². The molecule has 1 saturated heterocycles. The topological polar surface area (TPSA) is 44.7 Å². The molecule has 1 aromatic rings. The highest BCUT2D eigenvalue weighted by atomic mass is 35.5. The Morgan fingerprint density at radius 1 is 1.26 bits per heavy atom. The van der Waals surface area contributed by atoms with Crippen LogP contribution in [0.4, 0.5) is 0 Å². The first kappa shape index (κ1) is 14.0. The maximum absolute atomic E-state index is 11.7. The van der Waals surface area contributed by atoms with E-state index in [-0.39, 0.29) is 5.91 Å². The highest BCUT2D eigenvalue weighted by Crippen LogP contribution is 2.08. The van der Waals surface area contributed by atoms with E-state index in [4.69, 9.17) is 11.6 Å². The number of carbonyl (C=O) groups is 1. The first-order valence-electron chi connectivity index (χ1n) is 6.54. The van der Waals surface area contributed by atoms with Crippen molar-refractivity contribution in [1.29, 1.82) is 0 Å². The van der Waals surface area contributed by atoms with Gasteiger partial charge in [-0.1, -0.05) is 30.2 Å². The van der Waals surface area contributed by atoms with Gasteiger partial charge < -0.3 is 0 Å². The van der Waals surface area contributed by atoms with Crippen LogP contribution in [0.2, 0.25) is 5.02 Å². The lowest BCUT2D eigenvalue weighted by molar-refractivity contribution is -0.122. The summed E-state index contributed by atoms with van der Waals surface area (Å²) >= 11 is 5.78. The van der Waals surface area contributed by atoms with E-state index in [0.29, 0.717) is 11.6 Å². The molecule has 0 atom stereocenters. The van der Waals surface area contributed by atoms with Gasteiger partial charge in [-0.25, -0.2) is 5.43 Å². The molecule has 0 aliphatic carbocycles. The zero-order valence-electron chi connectivity index (χ0n) is 10.8. The van der Waals surface area contributed by atoms with Gasteiger partial charge in [-0.3, -0.25) is 9.69 Å². The smallest absolute Gasteiger partial charge is 0.254 e. The monoisotopic (exact) mass is 279 g/mol. The van der Waals surface area contributed by atoms with E-state index in [1.54, 1.807) is 18.3 Å². The van der Waals surface area contributed by atoms with Crippen molar-refractivity contribution < 1.29 is 4.79 Å². The fourth-order valence-corrected chi connectivity index (χ4v) is 2.21. The molecule has 1 aliphatic rings. The fraction of sp³-hybridized carbons (Fsp3) is 0.429. The van der Waals surface area contributed by atoms with Crippen LogP contribution >= 0.6 is 11.6 Å². The summed E-state index contributed by atoms with van der Waals surface area (Å²) in [7, 11) is 0. The molecule has 1 aromatic carbocycles. The molecule has 1 aliphatic heterocycles. The molecule has 4 nitrogen and oxygen atoms in total. The first-order valence-corrected chi connectivity index (χ1v) is 6.92. The predicted molar refractivity (Wildman–Crippen MR) is 77.5 cm³/mol. The van der Waals surface area contributed by atoms with Crippen LogP contribution in [0.5, 0.6) is 0 Å². The number of hydrogen-bond donors (Lipinski definition) is 1. The molecule has 1 heterocycles. The predicted octanol–water partition coefficient (Wildman–Crippen LogP) is 2.28. The largest absolute Gasteiger partial charge is 0.294 e. The Labute approximate surface area is 118 Å². The van der Waals surface area contributed by atoms with E-state index in [1.165, 1.54) is 19.3 Å². The molecule has 1 amide bonds. The molecule has 0 bridgehead atoms. The molecule has 19 heavy (non-hydrogen) atoms. The molecular formula is C14H18ClN3O. The van der Waals surface area contributed by atoms with Crippen LogP contribution in [0, 0.1) is 0 Å². The van der Waals surface area contributed by atoms with Crippen LogP contribution in [0.1, 0.15) is 24.8 Å². The maximum atomic E-state index is 11.7. The van der Waals surface area contributed by atoms with Crippen molar-refractivity contribution in [2.45, 2.75) is 19.3 Å². The number of amides is 1. The third kappa shape index (κ3) is 5.01. The minimum absolute atomic E-state index is 0.0629. The second-order valence-electron chi connectivity index (χ2n) is 4.68. The van der Waals surface area contributed by atoms with E-state index < -0.39 is 0 Å². The van der Waals surface area contributed by atoms with Gasteiger partial charge in [0, 0.05) is 5.02 Å². The summed E-state index contributed by atoms with van der Waals surface area (Å²) in [5.74, 6) is -0.0629. The number of rotatable bonds is 4. The summed E-state index contributed by atoms with van der Waals surface area (Å²) in [5, 5.41) is 4.63. The van der Waals surface area contributed by atoms with Gasteiger partial charge in [0.2, 0.25) is 0 Å². The minimum Gasteiger partial charge on any atom is -0.294 e. The number of carbonyl (C=O) groups excluding carboxylic acids is 1. The SMILES string of the molecule is O=C(CN1CCCCC1)NN=Cc1ccc(Cl)cc1. The summed E-state index contributed by atoms with van der Waals surface area (Å²) < 4.78 is 0. The quantitative estimate of drug-likeness (QED) is 0.679. The Bertz CT molecular complexity index is 439. The Balaban J connectivity index is 1.74. The van der Waals surface area contributed by atoms with Crippen molar-refractivity contribution in [1.82, 2.24) is 10.3 Å². The molecule has 1 N–H and O–H groups in total. The lowest BCUT2D eigenvalue weighted by Crippen LogP contribution is -2.38. The molecule has 1 fully saturated rings. The van der Waals surface area contributed by atoms with Gasteiger partial charge in [0.05, 0.1) is 12.8 Å². The summed E-state index contributed by atoms with van der Waals surface area (Å²) in [6, 6.07) is 7.28. The number of piperidine rings is 1. The molecule has 102 valence electrons. The van der Waals surface area contributed by atoms with E-state index in [1.807, 2.05) is 12.1 Å². The van der Waals surface area contributed by atoms with Crippen LogP contribution in [0.25, 0.3) is 0 Å². The van der Waals surface area contributed by atoms with E-state index in [0.717, 1.165) is 18.7 Å². The Kier molecular flexibility index (Phi) is 5.36. The van der Waals surface area contributed by atoms with Gasteiger partial charge in [0.15, 0.2) is 0 Å². The normalized spacial score (nSPS) is 16.7. The third-order valence-corrected chi connectivity index (χ3v) is 3.34. The summed E-state index contributed by atoms with van der Waals surface area (Å²) in [4.78, 5) is 13.8. The zero-order chi connectivity index (χ0) is 13.5. The summed E-state index contributed by atoms with van der Waals surface area (Å²) in [6.07, 6.45) is 5.25. The first-order chi connectivity index (χ1) is 9.24. The number of hydrazone groups is 1. The van der Waals surface area contributed by atoms with Crippen LogP contribution in [0.3, 0.4) is 0 Å². The highest BCUT2D eigenvalue weighted by Gasteiger charge is 2.12. The van der Waals surface area contributed by atoms with Crippen LogP contribution in [0.15, 0.2) is 29.4 Å². The molecule has 0 saturated carbocycles. The highest BCUT2D eigenvalue weighted by molar-refractivity contribution is 6.30. The average Bonchev–Trinajstić information content (AvgIpc) is 2.42. The maximum Gasteiger partial charge on any atom is 0.254 e. The van der Waals surface area contributed by atoms with Crippen molar-refractivity contribution in [3.05, 3.63) is 34.9 Å². The third-order valence-electron chi connectivity index (χ3n) is 3.09. The molecule has 2 rings (SSSR count). The van der Waals surface area contributed by atoms with Crippen LogP contribution in [-0.4, -0.2) is 36.7 Å². The lowest BCUT2D eigenvalue weighted by atomic mass is 10.1. The number of likely N-dealkylation sites (tertiary alicyclic amines) is 1. The molecule has 0 radical (unpaired) electrons. The minimum atomic E-state index is -0.0629. The van der Waals surface area contributed by atoms with Crippen molar-refractivity contribution in [2.75, 3.05) is 19.6 Å². The second kappa shape index (κ2) is 7.26. The Morgan fingerprint density at radius 3 is 2.63 bits per heavy atom. The van der Waals surface area contributed by atoms with E-state index in [2.05, 4.69) is 15.4 Å². The average molecular weight is 280 g/mol. The Morgan fingerprint density at radius 2 is 1.95 bits per heavy atom. The van der Waals surface area contributed by atoms with Gasteiger partial charge in [0.25, 0.3) is 5.91 Å². The number of halogens is 1. The van der Waals surface area contributed by atoms with Gasteiger partial charge >= 0.3 is 0 Å². The van der Waals surface area contributed by atoms with Crippen molar-refractivity contribution in [3.63, 3.8) is 0 Å². The van der Waals surface area contributed by atoms with Crippen LogP contribution in [-0.2, 0) is 4.79 Å². The van der Waals surface area contributed by atoms with Gasteiger partial charge in [-0.05, 0) is 43.6 Å². The van der Waals surface area contributed by atoms with Gasteiger partial charge in [-0.2, -0.15) is 5.10 Å². The van der Waals surface area contributed by atoms with Gasteiger partial charge in [0.1, 0.15) is 0 Å². The van der Waals surface area contributed by atoms with Crippen molar-refractivity contribution >= 4 is 23.7 Å². The molecule has 0 aromatic heterocycles. The summed E-state index contributed by atoms with van der Waals surface area (Å²) in [6.45, 7) is 2.45. The molecule has 5 heteroatoms. The summed E-state index contributed by atoms with van der Waals surface area (Å²) in [5.41, 5.74) is 3.45. The number of nitrogens with zero attached hydrogens (tertiary/aromatic N) is 2. The van der Waals surface area contributed by atoms with E-state index in [9.17, 15) is 4.79 Å². The zero-order valence-corrected chi connectivity index (χ0v) is 11.6. The van der Waals surface area contributed by atoms with Crippen molar-refractivity contribution in [2.24, 2.45) is 5.10 Å². The molecular weight excluding hydrogens is 262 g/mol. The fourth-order valence-electron chi connectivity index (χ4n) is 2.08.